The predicted octanol–water partition coefficient (Wildman–Crippen LogP) is 7.77. The summed E-state index contributed by atoms with van der Waals surface area (Å²) in [7, 11) is 1.59. The van der Waals surface area contributed by atoms with E-state index in [2.05, 4.69) is 11.1 Å². The standard InChI is InChI=1S/C26H18Cl2N2O2S/c1-31-25-12-18(7-10-24(25)32-15-17-5-3-2-4-6-17)11-19(14-29)26-30-23(16-33-26)21-9-8-20(27)13-22(21)28/h2-13,16H,15H2,1H3/b19-11-. The summed E-state index contributed by atoms with van der Waals surface area (Å²) in [6.07, 6.45) is 1.77. The Balaban J connectivity index is 1.57. The molecule has 0 saturated heterocycles. The molecule has 4 nitrogen and oxygen atoms in total. The Bertz CT molecular complexity index is 1340. The zero-order chi connectivity index (χ0) is 23.2. The van der Waals surface area contributed by atoms with E-state index in [-0.39, 0.29) is 0 Å². The van der Waals surface area contributed by atoms with Gasteiger partial charge in [0.25, 0.3) is 0 Å². The highest BCUT2D eigenvalue weighted by molar-refractivity contribution is 7.11. The summed E-state index contributed by atoms with van der Waals surface area (Å²) in [6, 6.07) is 23.0. The number of thiazole rings is 1. The second kappa shape index (κ2) is 10.5. The average molecular weight is 493 g/mol. The van der Waals surface area contributed by atoms with Crippen molar-refractivity contribution in [1.29, 1.82) is 5.26 Å². The first-order valence-electron chi connectivity index (χ1n) is 9.95. The van der Waals surface area contributed by atoms with Gasteiger partial charge >= 0.3 is 0 Å². The molecule has 0 aliphatic heterocycles. The number of halogens is 2. The number of aromatic nitrogens is 1. The first kappa shape index (κ1) is 22.9. The van der Waals surface area contributed by atoms with Crippen LogP contribution >= 0.6 is 34.5 Å². The Labute approximate surface area is 206 Å². The van der Waals surface area contributed by atoms with Crippen LogP contribution in [0.15, 0.2) is 72.1 Å². The summed E-state index contributed by atoms with van der Waals surface area (Å²) in [5.41, 5.74) is 3.77. The van der Waals surface area contributed by atoms with Crippen molar-refractivity contribution >= 4 is 46.2 Å². The van der Waals surface area contributed by atoms with Gasteiger partial charge in [0.1, 0.15) is 17.7 Å². The van der Waals surface area contributed by atoms with Crippen molar-refractivity contribution in [2.75, 3.05) is 7.11 Å². The monoisotopic (exact) mass is 492 g/mol. The molecule has 0 atom stereocenters. The molecule has 1 heterocycles. The predicted molar refractivity (Wildman–Crippen MR) is 135 cm³/mol. The smallest absolute Gasteiger partial charge is 0.161 e. The molecule has 0 fully saturated rings. The Kier molecular flexibility index (Phi) is 7.31. The Hall–Kier alpha value is -3.30. The fourth-order valence-electron chi connectivity index (χ4n) is 3.16. The van der Waals surface area contributed by atoms with Gasteiger partial charge in [-0.2, -0.15) is 5.26 Å². The molecule has 0 amide bonds. The maximum Gasteiger partial charge on any atom is 0.161 e. The van der Waals surface area contributed by atoms with Gasteiger partial charge in [-0.1, -0.05) is 59.6 Å². The highest BCUT2D eigenvalue weighted by atomic mass is 35.5. The van der Waals surface area contributed by atoms with Gasteiger partial charge < -0.3 is 9.47 Å². The van der Waals surface area contributed by atoms with Crippen LogP contribution in [-0.4, -0.2) is 12.1 Å². The van der Waals surface area contributed by atoms with Crippen molar-refractivity contribution in [3.8, 4) is 28.8 Å². The van der Waals surface area contributed by atoms with Gasteiger partial charge in [-0.3, -0.25) is 0 Å². The zero-order valence-electron chi connectivity index (χ0n) is 17.6. The SMILES string of the molecule is COc1cc(/C=C(/C#N)c2nc(-c3ccc(Cl)cc3Cl)cs2)ccc1OCc1ccccc1. The van der Waals surface area contributed by atoms with E-state index in [0.717, 1.165) is 16.7 Å². The maximum absolute atomic E-state index is 9.75. The zero-order valence-corrected chi connectivity index (χ0v) is 19.9. The van der Waals surface area contributed by atoms with Crippen LogP contribution in [0.5, 0.6) is 11.5 Å². The maximum atomic E-state index is 9.75. The van der Waals surface area contributed by atoms with Crippen LogP contribution in [0.4, 0.5) is 0 Å². The Morgan fingerprint density at radius 3 is 2.61 bits per heavy atom. The van der Waals surface area contributed by atoms with Gasteiger partial charge in [0.15, 0.2) is 11.5 Å². The van der Waals surface area contributed by atoms with Gasteiger partial charge in [0.05, 0.1) is 23.4 Å². The van der Waals surface area contributed by atoms with Gasteiger partial charge in [-0.25, -0.2) is 4.98 Å². The second-order valence-electron chi connectivity index (χ2n) is 7.02. The van der Waals surface area contributed by atoms with Crippen molar-refractivity contribution in [2.45, 2.75) is 6.61 Å². The molecule has 0 unspecified atom stereocenters. The van der Waals surface area contributed by atoms with E-state index >= 15 is 0 Å². The summed E-state index contributed by atoms with van der Waals surface area (Å²) in [5, 5.41) is 13.3. The fourth-order valence-corrected chi connectivity index (χ4v) is 4.45. The molecule has 0 aliphatic carbocycles. The molecule has 4 aromatic rings. The molecular weight excluding hydrogens is 475 g/mol. The minimum Gasteiger partial charge on any atom is -0.493 e. The third-order valence-electron chi connectivity index (χ3n) is 4.80. The van der Waals surface area contributed by atoms with E-state index in [1.807, 2.05) is 60.0 Å². The van der Waals surface area contributed by atoms with Gasteiger partial charge in [-0.15, -0.1) is 11.3 Å². The largest absolute Gasteiger partial charge is 0.493 e. The molecule has 0 saturated carbocycles. The summed E-state index contributed by atoms with van der Waals surface area (Å²) >= 11 is 13.7. The van der Waals surface area contributed by atoms with E-state index in [9.17, 15) is 5.26 Å². The number of hydrogen-bond acceptors (Lipinski definition) is 5. The first-order valence-corrected chi connectivity index (χ1v) is 11.6. The van der Waals surface area contributed by atoms with E-state index in [4.69, 9.17) is 32.7 Å². The van der Waals surface area contributed by atoms with Crippen LogP contribution in [0.25, 0.3) is 22.9 Å². The summed E-state index contributed by atoms with van der Waals surface area (Å²) < 4.78 is 11.4. The third-order valence-corrected chi connectivity index (χ3v) is 6.22. The molecule has 0 radical (unpaired) electrons. The van der Waals surface area contributed by atoms with Gasteiger partial charge in [0, 0.05) is 16.0 Å². The summed E-state index contributed by atoms with van der Waals surface area (Å²) in [6.45, 7) is 0.435. The van der Waals surface area contributed by atoms with Crippen LogP contribution in [0.1, 0.15) is 16.1 Å². The summed E-state index contributed by atoms with van der Waals surface area (Å²) in [5.74, 6) is 1.22. The topological polar surface area (TPSA) is 55.1 Å². The third kappa shape index (κ3) is 5.55. The molecule has 7 heteroatoms. The highest BCUT2D eigenvalue weighted by Crippen LogP contribution is 2.34. The number of methoxy groups -OCH3 is 1. The van der Waals surface area contributed by atoms with E-state index in [0.29, 0.717) is 44.4 Å². The lowest BCUT2D eigenvalue weighted by atomic mass is 10.1. The van der Waals surface area contributed by atoms with Gasteiger partial charge in [-0.05, 0) is 47.5 Å². The number of hydrogen-bond donors (Lipinski definition) is 0. The lowest BCUT2D eigenvalue weighted by Gasteiger charge is -2.11. The van der Waals surface area contributed by atoms with Crippen molar-refractivity contribution in [1.82, 2.24) is 4.98 Å². The molecule has 0 bridgehead atoms. The molecule has 0 N–H and O–H groups in total. The molecule has 0 aliphatic rings. The minimum atomic E-state index is 0.435. The van der Waals surface area contributed by atoms with Gasteiger partial charge in [0.2, 0.25) is 0 Å². The molecule has 164 valence electrons. The Morgan fingerprint density at radius 1 is 1.06 bits per heavy atom. The van der Waals surface area contributed by atoms with Crippen molar-refractivity contribution in [3.05, 3.63) is 98.3 Å². The van der Waals surface area contributed by atoms with Crippen LogP contribution in [0, 0.1) is 11.3 Å². The highest BCUT2D eigenvalue weighted by Gasteiger charge is 2.13. The van der Waals surface area contributed by atoms with Crippen LogP contribution in [0.3, 0.4) is 0 Å². The first-order chi connectivity index (χ1) is 16.1. The summed E-state index contributed by atoms with van der Waals surface area (Å²) in [4.78, 5) is 4.61. The molecule has 3 aromatic carbocycles. The van der Waals surface area contributed by atoms with Crippen LogP contribution < -0.4 is 9.47 Å². The Morgan fingerprint density at radius 2 is 1.88 bits per heavy atom. The van der Waals surface area contributed by atoms with Crippen molar-refractivity contribution in [3.63, 3.8) is 0 Å². The number of nitriles is 1. The molecule has 4 rings (SSSR count). The van der Waals surface area contributed by atoms with Crippen molar-refractivity contribution < 1.29 is 9.47 Å². The van der Waals surface area contributed by atoms with Crippen LogP contribution in [0.2, 0.25) is 10.0 Å². The van der Waals surface area contributed by atoms with E-state index < -0.39 is 0 Å². The molecular formula is C26H18Cl2N2O2S. The molecule has 33 heavy (non-hydrogen) atoms. The number of benzene rings is 3. The minimum absolute atomic E-state index is 0.435. The average Bonchev–Trinajstić information content (AvgIpc) is 3.31. The quantitative estimate of drug-likeness (QED) is 0.247. The number of rotatable bonds is 7. The molecule has 0 spiro atoms. The second-order valence-corrected chi connectivity index (χ2v) is 8.72. The normalized spacial score (nSPS) is 11.2. The fraction of sp³-hybridized carbons (Fsp3) is 0.0769. The lowest BCUT2D eigenvalue weighted by molar-refractivity contribution is 0.284. The molecule has 1 aromatic heterocycles. The van der Waals surface area contributed by atoms with E-state index in [1.54, 1.807) is 25.3 Å². The van der Waals surface area contributed by atoms with Crippen molar-refractivity contribution in [2.24, 2.45) is 0 Å². The number of nitrogens with zero attached hydrogens (tertiary/aromatic N) is 2. The number of ether oxygens (including phenoxy) is 2. The lowest BCUT2D eigenvalue weighted by Crippen LogP contribution is -1.97. The van der Waals surface area contributed by atoms with E-state index in [1.165, 1.54) is 11.3 Å². The number of allylic oxidation sites excluding steroid dienone is 1. The van der Waals surface area contributed by atoms with Crippen LogP contribution in [-0.2, 0) is 6.61 Å².